The summed E-state index contributed by atoms with van der Waals surface area (Å²) in [6.45, 7) is 1.71. The van der Waals surface area contributed by atoms with Gasteiger partial charge in [0.15, 0.2) is 0 Å². The molecule has 2 N–H and O–H groups in total. The van der Waals surface area contributed by atoms with Gasteiger partial charge in [-0.1, -0.05) is 0 Å². The smallest absolute Gasteiger partial charge is 0.251 e. The zero-order valence-electron chi connectivity index (χ0n) is 7.83. The predicted molar refractivity (Wildman–Crippen MR) is 63.2 cm³/mol. The number of amides is 1. The normalized spacial score (nSPS) is 12.2. The molecule has 1 unspecified atom stereocenters. The molecule has 1 rings (SSSR count). The van der Waals surface area contributed by atoms with E-state index < -0.39 is 0 Å². The fourth-order valence-corrected chi connectivity index (χ4v) is 1.31. The third kappa shape index (κ3) is 3.26. The molecule has 0 saturated heterocycles. The maximum atomic E-state index is 11.5. The highest BCUT2D eigenvalue weighted by Gasteiger charge is 2.07. The fourth-order valence-electron chi connectivity index (χ4n) is 0.954. The maximum Gasteiger partial charge on any atom is 0.251 e. The lowest BCUT2D eigenvalue weighted by Gasteiger charge is -2.10. The number of aliphatic hydroxyl groups is 1. The highest BCUT2D eigenvalue weighted by Crippen LogP contribution is 2.06. The number of nitrogens with one attached hydrogen (secondary N) is 1. The van der Waals surface area contributed by atoms with Crippen LogP contribution in [0, 0.1) is 3.57 Å². The minimum atomic E-state index is -0.207. The summed E-state index contributed by atoms with van der Waals surface area (Å²) < 4.78 is 1.09. The van der Waals surface area contributed by atoms with E-state index >= 15 is 0 Å². The molecule has 0 radical (unpaired) electrons. The molecule has 1 atom stereocenters. The van der Waals surface area contributed by atoms with Crippen LogP contribution in [-0.4, -0.2) is 23.7 Å². The average Bonchev–Trinajstić information content (AvgIpc) is 2.18. The molecule has 0 bridgehead atoms. The average molecular weight is 305 g/mol. The number of halogens is 1. The lowest BCUT2D eigenvalue weighted by molar-refractivity contribution is 0.0922. The number of hydrogen-bond donors (Lipinski definition) is 2. The Morgan fingerprint density at radius 3 is 2.57 bits per heavy atom. The number of carbonyl (C=O) groups is 1. The first-order valence-electron chi connectivity index (χ1n) is 4.30. The molecule has 3 nitrogen and oxygen atoms in total. The Labute approximate surface area is 96.7 Å². The molecule has 0 heterocycles. The second-order valence-corrected chi connectivity index (χ2v) is 4.31. The van der Waals surface area contributed by atoms with Crippen LogP contribution in [0.5, 0.6) is 0 Å². The van der Waals surface area contributed by atoms with E-state index in [0.29, 0.717) is 5.56 Å². The Bertz CT molecular complexity index is 310. The lowest BCUT2D eigenvalue weighted by atomic mass is 10.2. The monoisotopic (exact) mass is 305 g/mol. The largest absolute Gasteiger partial charge is 0.394 e. The minimum absolute atomic E-state index is 0.0455. The fraction of sp³-hybridized carbons (Fsp3) is 0.300. The first kappa shape index (κ1) is 11.5. The molecule has 0 aliphatic heterocycles. The van der Waals surface area contributed by atoms with E-state index in [1.165, 1.54) is 0 Å². The van der Waals surface area contributed by atoms with Crippen molar-refractivity contribution in [1.82, 2.24) is 5.32 Å². The van der Waals surface area contributed by atoms with Crippen LogP contribution in [0.1, 0.15) is 17.3 Å². The molecule has 0 spiro atoms. The van der Waals surface area contributed by atoms with Crippen molar-refractivity contribution >= 4 is 28.5 Å². The highest BCUT2D eigenvalue weighted by molar-refractivity contribution is 14.1. The first-order valence-corrected chi connectivity index (χ1v) is 5.38. The van der Waals surface area contributed by atoms with Gasteiger partial charge >= 0.3 is 0 Å². The standard InChI is InChI=1S/C10H12INO2/c1-7(6-13)12-10(14)8-2-4-9(11)5-3-8/h2-5,7,13H,6H2,1H3,(H,12,14). The second-order valence-electron chi connectivity index (χ2n) is 3.06. The molecule has 0 saturated carbocycles. The Kier molecular flexibility index (Phi) is 4.34. The summed E-state index contributed by atoms with van der Waals surface area (Å²) in [5.74, 6) is -0.150. The molecule has 4 heteroatoms. The van der Waals surface area contributed by atoms with Crippen LogP contribution in [0.2, 0.25) is 0 Å². The number of benzene rings is 1. The molecular formula is C10H12INO2. The van der Waals surface area contributed by atoms with Crippen LogP contribution < -0.4 is 5.32 Å². The topological polar surface area (TPSA) is 49.3 Å². The summed E-state index contributed by atoms with van der Waals surface area (Å²) in [6.07, 6.45) is 0. The van der Waals surface area contributed by atoms with E-state index in [1.54, 1.807) is 19.1 Å². The Hall–Kier alpha value is -0.620. The summed E-state index contributed by atoms with van der Waals surface area (Å²) in [7, 11) is 0. The van der Waals surface area contributed by atoms with Crippen molar-refractivity contribution in [2.24, 2.45) is 0 Å². The third-order valence-corrected chi connectivity index (χ3v) is 2.48. The van der Waals surface area contributed by atoms with E-state index in [2.05, 4.69) is 27.9 Å². The van der Waals surface area contributed by atoms with Crippen LogP contribution in [0.15, 0.2) is 24.3 Å². The van der Waals surface area contributed by atoms with Crippen LogP contribution in [0.4, 0.5) is 0 Å². The molecule has 1 aromatic rings. The van der Waals surface area contributed by atoms with E-state index in [9.17, 15) is 4.79 Å². The van der Waals surface area contributed by atoms with Crippen LogP contribution in [0.25, 0.3) is 0 Å². The zero-order chi connectivity index (χ0) is 10.6. The Morgan fingerprint density at radius 2 is 2.07 bits per heavy atom. The minimum Gasteiger partial charge on any atom is -0.394 e. The summed E-state index contributed by atoms with van der Waals surface area (Å²) >= 11 is 2.18. The molecule has 1 aromatic carbocycles. The van der Waals surface area contributed by atoms with Crippen molar-refractivity contribution in [3.63, 3.8) is 0 Å². The van der Waals surface area contributed by atoms with E-state index in [1.807, 2.05) is 12.1 Å². The highest BCUT2D eigenvalue weighted by atomic mass is 127. The van der Waals surface area contributed by atoms with Gasteiger partial charge in [0.2, 0.25) is 0 Å². The molecule has 0 fully saturated rings. The van der Waals surface area contributed by atoms with Crippen molar-refractivity contribution in [1.29, 1.82) is 0 Å². The van der Waals surface area contributed by atoms with Crippen molar-refractivity contribution < 1.29 is 9.90 Å². The predicted octanol–water partition coefficient (Wildman–Crippen LogP) is 1.40. The van der Waals surface area contributed by atoms with Crippen LogP contribution >= 0.6 is 22.6 Å². The summed E-state index contributed by atoms with van der Waals surface area (Å²) in [5, 5.41) is 11.4. The van der Waals surface area contributed by atoms with Gasteiger partial charge in [-0.05, 0) is 53.8 Å². The quantitative estimate of drug-likeness (QED) is 0.830. The van der Waals surface area contributed by atoms with Gasteiger partial charge in [0.1, 0.15) is 0 Å². The molecule has 76 valence electrons. The van der Waals surface area contributed by atoms with E-state index in [-0.39, 0.29) is 18.6 Å². The molecular weight excluding hydrogens is 293 g/mol. The van der Waals surface area contributed by atoms with Gasteiger partial charge in [-0.25, -0.2) is 0 Å². The number of rotatable bonds is 3. The summed E-state index contributed by atoms with van der Waals surface area (Å²) in [5.41, 5.74) is 0.616. The maximum absolute atomic E-state index is 11.5. The zero-order valence-corrected chi connectivity index (χ0v) is 9.98. The molecule has 0 aliphatic rings. The first-order chi connectivity index (χ1) is 6.63. The number of carbonyl (C=O) groups excluding carboxylic acids is 1. The third-order valence-electron chi connectivity index (χ3n) is 1.76. The Balaban J connectivity index is 2.65. The van der Waals surface area contributed by atoms with Crippen LogP contribution in [0.3, 0.4) is 0 Å². The molecule has 14 heavy (non-hydrogen) atoms. The summed E-state index contributed by atoms with van der Waals surface area (Å²) in [4.78, 5) is 11.5. The molecule has 0 aliphatic carbocycles. The second kappa shape index (κ2) is 5.31. The van der Waals surface area contributed by atoms with Gasteiger partial charge in [-0.3, -0.25) is 4.79 Å². The van der Waals surface area contributed by atoms with Gasteiger partial charge in [0, 0.05) is 15.2 Å². The number of hydrogen-bond acceptors (Lipinski definition) is 2. The van der Waals surface area contributed by atoms with Gasteiger partial charge in [-0.2, -0.15) is 0 Å². The Morgan fingerprint density at radius 1 is 1.50 bits per heavy atom. The summed E-state index contributed by atoms with van der Waals surface area (Å²) in [6, 6.07) is 7.07. The molecule has 1 amide bonds. The van der Waals surface area contributed by atoms with Gasteiger partial charge < -0.3 is 10.4 Å². The van der Waals surface area contributed by atoms with E-state index in [4.69, 9.17) is 5.11 Å². The SMILES string of the molecule is CC(CO)NC(=O)c1ccc(I)cc1. The lowest BCUT2D eigenvalue weighted by Crippen LogP contribution is -2.34. The van der Waals surface area contributed by atoms with Gasteiger partial charge in [-0.15, -0.1) is 0 Å². The molecule has 0 aromatic heterocycles. The van der Waals surface area contributed by atoms with Crippen molar-refractivity contribution in [3.8, 4) is 0 Å². The van der Waals surface area contributed by atoms with Crippen LogP contribution in [-0.2, 0) is 0 Å². The van der Waals surface area contributed by atoms with Crippen molar-refractivity contribution in [3.05, 3.63) is 33.4 Å². The number of aliphatic hydroxyl groups excluding tert-OH is 1. The van der Waals surface area contributed by atoms with Gasteiger partial charge in [0.25, 0.3) is 5.91 Å². The van der Waals surface area contributed by atoms with Crippen molar-refractivity contribution in [2.75, 3.05) is 6.61 Å². The van der Waals surface area contributed by atoms with E-state index in [0.717, 1.165) is 3.57 Å². The van der Waals surface area contributed by atoms with Gasteiger partial charge in [0.05, 0.1) is 6.61 Å². The van der Waals surface area contributed by atoms with Crippen molar-refractivity contribution in [2.45, 2.75) is 13.0 Å².